The molecule has 1 heterocycles. The average molecular weight is 289 g/mol. The minimum Gasteiger partial charge on any atom is -0.495 e. The fourth-order valence-corrected chi connectivity index (χ4v) is 2.83. The number of aliphatic carboxylic acids is 1. The van der Waals surface area contributed by atoms with E-state index in [1.54, 1.807) is 13.3 Å². The molecule has 0 saturated carbocycles. The van der Waals surface area contributed by atoms with Crippen molar-refractivity contribution in [1.29, 1.82) is 0 Å². The third-order valence-corrected chi connectivity index (χ3v) is 4.16. The number of carboxylic acid groups (broad SMARTS) is 1. The van der Waals surface area contributed by atoms with Gasteiger partial charge in [0.05, 0.1) is 19.0 Å². The molecule has 0 aromatic rings. The summed E-state index contributed by atoms with van der Waals surface area (Å²) in [6.07, 6.45) is 11.0. The van der Waals surface area contributed by atoms with Crippen molar-refractivity contribution < 1.29 is 14.6 Å². The molecule has 21 heavy (non-hydrogen) atoms. The van der Waals surface area contributed by atoms with E-state index in [0.717, 1.165) is 43.6 Å². The molecule has 0 aromatic heterocycles. The number of carboxylic acids is 1. The smallest absolute Gasteiger partial charge is 0.303 e. The monoisotopic (exact) mass is 289 g/mol. The lowest BCUT2D eigenvalue weighted by Crippen LogP contribution is -2.09. The van der Waals surface area contributed by atoms with Crippen LogP contribution in [0, 0.1) is 5.92 Å². The fraction of sp³-hybridized carbons (Fsp3) is 0.529. The van der Waals surface area contributed by atoms with Crippen molar-refractivity contribution in [3.8, 4) is 0 Å². The highest BCUT2D eigenvalue weighted by atomic mass is 16.5. The van der Waals surface area contributed by atoms with Crippen molar-refractivity contribution in [2.75, 3.05) is 7.11 Å². The van der Waals surface area contributed by atoms with Crippen LogP contribution in [0.1, 0.15) is 45.4 Å². The zero-order chi connectivity index (χ0) is 15.2. The lowest BCUT2D eigenvalue weighted by Gasteiger charge is -2.22. The molecule has 0 radical (unpaired) electrons. The van der Waals surface area contributed by atoms with E-state index in [1.165, 1.54) is 11.1 Å². The van der Waals surface area contributed by atoms with Crippen LogP contribution in [-0.4, -0.2) is 24.4 Å². The number of aliphatic imine (C=N–C) groups is 1. The highest BCUT2D eigenvalue weighted by molar-refractivity contribution is 5.78. The number of ether oxygens (including phenoxy) is 1. The quantitative estimate of drug-likeness (QED) is 0.836. The normalized spacial score (nSPS) is 22.5. The molecule has 4 nitrogen and oxygen atoms in total. The summed E-state index contributed by atoms with van der Waals surface area (Å²) in [5, 5.41) is 8.75. The highest BCUT2D eigenvalue weighted by Gasteiger charge is 2.19. The van der Waals surface area contributed by atoms with Crippen molar-refractivity contribution in [3.05, 3.63) is 34.8 Å². The Kier molecular flexibility index (Phi) is 5.37. The molecular formula is C17H23NO3. The van der Waals surface area contributed by atoms with Gasteiger partial charge in [0, 0.05) is 6.42 Å². The lowest BCUT2D eigenvalue weighted by atomic mass is 9.85. The van der Waals surface area contributed by atoms with Crippen LogP contribution in [-0.2, 0) is 9.53 Å². The van der Waals surface area contributed by atoms with Crippen LogP contribution in [0.15, 0.2) is 39.7 Å². The third-order valence-electron chi connectivity index (χ3n) is 4.16. The summed E-state index contributed by atoms with van der Waals surface area (Å²) in [6.45, 7) is 2.11. The van der Waals surface area contributed by atoms with E-state index < -0.39 is 5.97 Å². The largest absolute Gasteiger partial charge is 0.495 e. The van der Waals surface area contributed by atoms with E-state index in [1.807, 2.05) is 6.08 Å². The molecule has 0 fully saturated rings. The molecule has 4 heteroatoms. The predicted octanol–water partition coefficient (Wildman–Crippen LogP) is 3.86. The maximum atomic E-state index is 10.6. The van der Waals surface area contributed by atoms with E-state index in [9.17, 15) is 4.79 Å². The zero-order valence-electron chi connectivity index (χ0n) is 12.8. The molecule has 1 unspecified atom stereocenters. The highest BCUT2D eigenvalue weighted by Crippen LogP contribution is 2.33. The number of rotatable bonds is 5. The first-order chi connectivity index (χ1) is 10.1. The number of hydrogen-bond acceptors (Lipinski definition) is 3. The molecule has 2 rings (SSSR count). The van der Waals surface area contributed by atoms with Crippen LogP contribution >= 0.6 is 0 Å². The zero-order valence-corrected chi connectivity index (χ0v) is 12.8. The second-order valence-corrected chi connectivity index (χ2v) is 5.70. The van der Waals surface area contributed by atoms with Crippen molar-refractivity contribution >= 4 is 12.2 Å². The Hall–Kier alpha value is -1.84. The summed E-state index contributed by atoms with van der Waals surface area (Å²) in [6, 6.07) is 0. The molecule has 1 aliphatic heterocycles. The molecule has 1 aliphatic carbocycles. The molecule has 2 aliphatic rings. The van der Waals surface area contributed by atoms with Crippen molar-refractivity contribution in [1.82, 2.24) is 0 Å². The van der Waals surface area contributed by atoms with Gasteiger partial charge in [0.15, 0.2) is 0 Å². The van der Waals surface area contributed by atoms with Crippen LogP contribution in [0.25, 0.3) is 0 Å². The first-order valence-electron chi connectivity index (χ1n) is 7.49. The third kappa shape index (κ3) is 4.31. The first-order valence-corrected chi connectivity index (χ1v) is 7.49. The minimum atomic E-state index is -0.699. The number of hydrogen-bond donors (Lipinski definition) is 1. The van der Waals surface area contributed by atoms with Crippen LogP contribution in [0.3, 0.4) is 0 Å². The molecular weight excluding hydrogens is 266 g/mol. The number of methoxy groups -OCH3 is 1. The Balaban J connectivity index is 2.02. The van der Waals surface area contributed by atoms with Gasteiger partial charge < -0.3 is 9.84 Å². The van der Waals surface area contributed by atoms with E-state index in [-0.39, 0.29) is 6.42 Å². The molecule has 0 amide bonds. The van der Waals surface area contributed by atoms with Crippen molar-refractivity contribution in [2.24, 2.45) is 10.9 Å². The van der Waals surface area contributed by atoms with Gasteiger partial charge in [0.2, 0.25) is 0 Å². The van der Waals surface area contributed by atoms with Crippen molar-refractivity contribution in [2.45, 2.75) is 45.4 Å². The Labute approximate surface area is 125 Å². The molecule has 0 saturated heterocycles. The predicted molar refractivity (Wildman–Crippen MR) is 83.2 cm³/mol. The minimum absolute atomic E-state index is 0.273. The standard InChI is InChI=1S/C17H23NO3/c1-12-3-9-15(21-2)11-18-17(12)14-7-4-13(5-8-14)6-10-16(19)20/h7,9,11,13H,3-6,8,10H2,1-2H3,(H,19,20). The molecule has 0 spiro atoms. The summed E-state index contributed by atoms with van der Waals surface area (Å²) >= 11 is 0. The molecule has 0 aromatic carbocycles. The van der Waals surface area contributed by atoms with Crippen LogP contribution in [0.2, 0.25) is 0 Å². The topological polar surface area (TPSA) is 58.9 Å². The van der Waals surface area contributed by atoms with Gasteiger partial charge in [0.25, 0.3) is 0 Å². The SMILES string of the molecule is COC1=CCC(C)=C(C2=CCC(CCC(=O)O)CC2)N=C1. The van der Waals surface area contributed by atoms with E-state index in [0.29, 0.717) is 5.92 Å². The number of allylic oxidation sites excluding steroid dienone is 5. The van der Waals surface area contributed by atoms with Crippen LogP contribution in [0.5, 0.6) is 0 Å². The Morgan fingerprint density at radius 2 is 2.29 bits per heavy atom. The van der Waals surface area contributed by atoms with E-state index in [4.69, 9.17) is 9.84 Å². The van der Waals surface area contributed by atoms with Gasteiger partial charge in [-0.05, 0) is 62.2 Å². The summed E-state index contributed by atoms with van der Waals surface area (Å²) < 4.78 is 5.24. The van der Waals surface area contributed by atoms with Gasteiger partial charge >= 0.3 is 5.97 Å². The Bertz CT molecular complexity index is 526. The van der Waals surface area contributed by atoms with Crippen LogP contribution in [0.4, 0.5) is 0 Å². The molecule has 1 atom stereocenters. The molecule has 0 bridgehead atoms. The molecule has 1 N–H and O–H groups in total. The summed E-state index contributed by atoms with van der Waals surface area (Å²) in [4.78, 5) is 15.2. The van der Waals surface area contributed by atoms with E-state index in [2.05, 4.69) is 18.0 Å². The summed E-state index contributed by atoms with van der Waals surface area (Å²) in [5.74, 6) is 0.600. The van der Waals surface area contributed by atoms with Crippen LogP contribution < -0.4 is 0 Å². The maximum Gasteiger partial charge on any atom is 0.303 e. The number of carbonyl (C=O) groups is 1. The van der Waals surface area contributed by atoms with Crippen molar-refractivity contribution in [3.63, 3.8) is 0 Å². The summed E-state index contributed by atoms with van der Waals surface area (Å²) in [7, 11) is 1.66. The average Bonchev–Trinajstić information content (AvgIpc) is 2.67. The Morgan fingerprint density at radius 1 is 1.48 bits per heavy atom. The van der Waals surface area contributed by atoms with Gasteiger partial charge in [-0.1, -0.05) is 6.08 Å². The fourth-order valence-electron chi connectivity index (χ4n) is 2.83. The molecule has 114 valence electrons. The number of nitrogens with zero attached hydrogens (tertiary/aromatic N) is 1. The second kappa shape index (κ2) is 7.25. The van der Waals surface area contributed by atoms with Gasteiger partial charge in [0.1, 0.15) is 5.76 Å². The van der Waals surface area contributed by atoms with Gasteiger partial charge in [-0.15, -0.1) is 0 Å². The van der Waals surface area contributed by atoms with Gasteiger partial charge in [-0.3, -0.25) is 9.79 Å². The second-order valence-electron chi connectivity index (χ2n) is 5.70. The maximum absolute atomic E-state index is 10.6. The van der Waals surface area contributed by atoms with Gasteiger partial charge in [-0.2, -0.15) is 0 Å². The van der Waals surface area contributed by atoms with E-state index >= 15 is 0 Å². The lowest BCUT2D eigenvalue weighted by molar-refractivity contribution is -0.137. The summed E-state index contributed by atoms with van der Waals surface area (Å²) in [5.41, 5.74) is 3.63. The first kappa shape index (κ1) is 15.5. The Morgan fingerprint density at radius 3 is 2.90 bits per heavy atom. The van der Waals surface area contributed by atoms with Gasteiger partial charge in [-0.25, -0.2) is 0 Å².